The molecular formula is C11H11NO5S. The van der Waals surface area contributed by atoms with Crippen molar-refractivity contribution in [2.45, 2.75) is 6.92 Å². The van der Waals surface area contributed by atoms with E-state index in [1.54, 1.807) is 12.3 Å². The second-order valence-corrected chi connectivity index (χ2v) is 3.96. The van der Waals surface area contributed by atoms with Gasteiger partial charge in [-0.1, -0.05) is 0 Å². The van der Waals surface area contributed by atoms with Gasteiger partial charge in [0.25, 0.3) is 0 Å². The molecule has 0 aliphatic rings. The summed E-state index contributed by atoms with van der Waals surface area (Å²) in [6, 6.07) is 1.53. The van der Waals surface area contributed by atoms with E-state index < -0.39 is 17.8 Å². The van der Waals surface area contributed by atoms with E-state index in [1.807, 2.05) is 0 Å². The molecule has 0 atom stereocenters. The van der Waals surface area contributed by atoms with E-state index in [1.165, 1.54) is 6.07 Å². The highest BCUT2D eigenvalue weighted by Gasteiger charge is 2.14. The van der Waals surface area contributed by atoms with Crippen LogP contribution >= 0.6 is 11.3 Å². The average Bonchev–Trinajstić information content (AvgIpc) is 2.75. The minimum atomic E-state index is -1.22. The molecule has 6 nitrogen and oxygen atoms in total. The molecule has 2 N–H and O–H groups in total. The van der Waals surface area contributed by atoms with Crippen LogP contribution in [0.2, 0.25) is 0 Å². The molecule has 1 aromatic rings. The van der Waals surface area contributed by atoms with E-state index in [0.717, 1.165) is 17.4 Å². The van der Waals surface area contributed by atoms with Gasteiger partial charge in [0, 0.05) is 12.2 Å². The van der Waals surface area contributed by atoms with Crippen molar-refractivity contribution < 1.29 is 24.2 Å². The number of carboxylic acids is 1. The minimum Gasteiger partial charge on any atom is -0.478 e. The number of aliphatic carboxylic acids is 1. The average molecular weight is 269 g/mol. The van der Waals surface area contributed by atoms with Gasteiger partial charge in [-0.15, -0.1) is 11.3 Å². The topological polar surface area (TPSA) is 92.7 Å². The molecule has 0 fully saturated rings. The maximum atomic E-state index is 11.5. The molecule has 0 saturated carbocycles. The fourth-order valence-electron chi connectivity index (χ4n) is 1.08. The zero-order valence-corrected chi connectivity index (χ0v) is 10.3. The van der Waals surface area contributed by atoms with Crippen molar-refractivity contribution in [3.05, 3.63) is 29.2 Å². The lowest BCUT2D eigenvalue weighted by molar-refractivity contribution is -0.131. The quantitative estimate of drug-likeness (QED) is 0.624. The Kier molecular flexibility index (Phi) is 5.06. The zero-order valence-electron chi connectivity index (χ0n) is 9.50. The lowest BCUT2D eigenvalue weighted by atomic mass is 10.3. The number of esters is 1. The lowest BCUT2D eigenvalue weighted by Gasteiger charge is -2.03. The van der Waals surface area contributed by atoms with Crippen LogP contribution in [0.3, 0.4) is 0 Å². The maximum Gasteiger partial charge on any atom is 0.341 e. The van der Waals surface area contributed by atoms with Crippen molar-refractivity contribution in [1.29, 1.82) is 0 Å². The summed E-state index contributed by atoms with van der Waals surface area (Å²) in [6.45, 7) is 1.92. The molecule has 7 heteroatoms. The number of anilines is 1. The number of thiophene rings is 1. The van der Waals surface area contributed by atoms with Gasteiger partial charge in [-0.25, -0.2) is 9.59 Å². The predicted octanol–water partition coefficient (Wildman–Crippen LogP) is 1.50. The Morgan fingerprint density at radius 2 is 2.17 bits per heavy atom. The van der Waals surface area contributed by atoms with Crippen molar-refractivity contribution in [2.75, 3.05) is 11.9 Å². The summed E-state index contributed by atoms with van der Waals surface area (Å²) in [5.41, 5.74) is 0.249. The second-order valence-electron chi connectivity index (χ2n) is 3.04. The van der Waals surface area contributed by atoms with Crippen LogP contribution in [0.4, 0.5) is 5.00 Å². The van der Waals surface area contributed by atoms with Gasteiger partial charge in [-0.3, -0.25) is 4.79 Å². The summed E-state index contributed by atoms with van der Waals surface area (Å²) in [7, 11) is 0. The fraction of sp³-hybridized carbons (Fsp3) is 0.182. The molecule has 0 spiro atoms. The molecule has 1 aromatic heterocycles. The van der Waals surface area contributed by atoms with Crippen LogP contribution in [0, 0.1) is 0 Å². The summed E-state index contributed by atoms with van der Waals surface area (Å²) in [6.07, 6.45) is 1.59. The molecule has 0 aromatic carbocycles. The number of hydrogen-bond acceptors (Lipinski definition) is 5. The van der Waals surface area contributed by atoms with Crippen LogP contribution in [-0.2, 0) is 14.3 Å². The Morgan fingerprint density at radius 3 is 2.78 bits per heavy atom. The van der Waals surface area contributed by atoms with E-state index >= 15 is 0 Å². The molecule has 0 radical (unpaired) electrons. The van der Waals surface area contributed by atoms with Crippen LogP contribution in [0.15, 0.2) is 23.6 Å². The van der Waals surface area contributed by atoms with Crippen LogP contribution < -0.4 is 5.32 Å². The number of carbonyl (C=O) groups is 3. The number of carboxylic acid groups (broad SMARTS) is 1. The SMILES string of the molecule is CCOC(=O)c1ccsc1NC(=O)/C=C/C(=O)O. The highest BCUT2D eigenvalue weighted by Crippen LogP contribution is 2.23. The standard InChI is InChI=1S/C11H11NO5S/c1-2-17-11(16)7-5-6-18-10(7)12-8(13)3-4-9(14)15/h3-6H,2H2,1H3,(H,12,13)(H,14,15)/b4-3+. The van der Waals surface area contributed by atoms with Gasteiger partial charge in [0.2, 0.25) is 5.91 Å². The van der Waals surface area contributed by atoms with E-state index in [-0.39, 0.29) is 12.2 Å². The molecule has 0 saturated heterocycles. The maximum absolute atomic E-state index is 11.5. The van der Waals surface area contributed by atoms with Gasteiger partial charge >= 0.3 is 11.9 Å². The molecular weight excluding hydrogens is 258 g/mol. The van der Waals surface area contributed by atoms with Gasteiger partial charge in [0.15, 0.2) is 0 Å². The van der Waals surface area contributed by atoms with Crippen LogP contribution in [-0.4, -0.2) is 29.6 Å². The Morgan fingerprint density at radius 1 is 1.44 bits per heavy atom. The molecule has 18 heavy (non-hydrogen) atoms. The molecule has 1 rings (SSSR count). The smallest absolute Gasteiger partial charge is 0.341 e. The van der Waals surface area contributed by atoms with Crippen molar-refractivity contribution in [3.8, 4) is 0 Å². The third-order valence-corrected chi connectivity index (χ3v) is 2.60. The Balaban J connectivity index is 2.74. The van der Waals surface area contributed by atoms with Gasteiger partial charge in [-0.2, -0.15) is 0 Å². The number of nitrogens with one attached hydrogen (secondary N) is 1. The summed E-state index contributed by atoms with van der Waals surface area (Å²) in [4.78, 5) is 33.1. The minimum absolute atomic E-state index is 0.237. The first-order valence-electron chi connectivity index (χ1n) is 5.01. The van der Waals surface area contributed by atoms with E-state index in [2.05, 4.69) is 5.32 Å². The summed E-state index contributed by atoms with van der Waals surface area (Å²) in [5.74, 6) is -2.37. The van der Waals surface area contributed by atoms with Gasteiger partial charge in [0.1, 0.15) is 5.00 Å². The van der Waals surface area contributed by atoms with Crippen LogP contribution in [0.25, 0.3) is 0 Å². The number of rotatable bonds is 5. The third-order valence-electron chi connectivity index (χ3n) is 1.77. The molecule has 1 heterocycles. The van der Waals surface area contributed by atoms with E-state index in [4.69, 9.17) is 9.84 Å². The van der Waals surface area contributed by atoms with Gasteiger partial charge in [0.05, 0.1) is 12.2 Å². The van der Waals surface area contributed by atoms with Crippen molar-refractivity contribution in [2.24, 2.45) is 0 Å². The number of carbonyl (C=O) groups excluding carboxylic acids is 2. The first kappa shape index (κ1) is 13.9. The Hall–Kier alpha value is -2.15. The Labute approximate surface area is 107 Å². The summed E-state index contributed by atoms with van der Waals surface area (Å²) >= 11 is 1.15. The first-order valence-corrected chi connectivity index (χ1v) is 5.89. The van der Waals surface area contributed by atoms with Gasteiger partial charge < -0.3 is 15.2 Å². The zero-order chi connectivity index (χ0) is 13.5. The van der Waals surface area contributed by atoms with E-state index in [0.29, 0.717) is 11.1 Å². The number of hydrogen-bond donors (Lipinski definition) is 2. The second kappa shape index (κ2) is 6.55. The van der Waals surface area contributed by atoms with Crippen LogP contribution in [0.1, 0.15) is 17.3 Å². The molecule has 96 valence electrons. The summed E-state index contributed by atoms with van der Waals surface area (Å²) < 4.78 is 4.81. The van der Waals surface area contributed by atoms with Crippen LogP contribution in [0.5, 0.6) is 0 Å². The largest absolute Gasteiger partial charge is 0.478 e. The molecule has 0 aliphatic heterocycles. The highest BCUT2D eigenvalue weighted by atomic mass is 32.1. The molecule has 1 amide bonds. The first-order chi connectivity index (χ1) is 8.54. The third kappa shape index (κ3) is 4.02. The van der Waals surface area contributed by atoms with Crippen molar-refractivity contribution in [3.63, 3.8) is 0 Å². The highest BCUT2D eigenvalue weighted by molar-refractivity contribution is 7.14. The Bertz CT molecular complexity index is 491. The van der Waals surface area contributed by atoms with Crippen molar-refractivity contribution >= 4 is 34.2 Å². The molecule has 0 bridgehead atoms. The van der Waals surface area contributed by atoms with Gasteiger partial charge in [-0.05, 0) is 18.4 Å². The number of ether oxygens (including phenoxy) is 1. The normalized spacial score (nSPS) is 10.3. The van der Waals surface area contributed by atoms with E-state index in [9.17, 15) is 14.4 Å². The summed E-state index contributed by atoms with van der Waals surface area (Å²) in [5, 5.41) is 12.7. The fourth-order valence-corrected chi connectivity index (χ4v) is 1.85. The molecule has 0 unspecified atom stereocenters. The van der Waals surface area contributed by atoms with Crippen molar-refractivity contribution in [1.82, 2.24) is 0 Å². The lowest BCUT2D eigenvalue weighted by Crippen LogP contribution is -2.12. The molecule has 0 aliphatic carbocycles. The number of amides is 1. The predicted molar refractivity (Wildman–Crippen MR) is 65.7 cm³/mol. The monoisotopic (exact) mass is 269 g/mol.